The standard InChI is InChI=1S/C22H27N3O4/c26-19(10-11-25-21(28)17-8-4-5-9-18(17)22(25)29)23-12-14-24(15-13-23)20(27)16-6-2-1-3-7-16/h1-3,6-7,17-18H,4-5,8-15H2. The summed E-state index contributed by atoms with van der Waals surface area (Å²) in [6.07, 6.45) is 3.73. The number of rotatable bonds is 4. The van der Waals surface area contributed by atoms with Crippen LogP contribution in [0.2, 0.25) is 0 Å². The molecule has 29 heavy (non-hydrogen) atoms. The van der Waals surface area contributed by atoms with Crippen LogP contribution in [0.5, 0.6) is 0 Å². The molecule has 0 bridgehead atoms. The third-order valence-corrected chi connectivity index (χ3v) is 6.42. The minimum atomic E-state index is -0.168. The number of hydrogen-bond acceptors (Lipinski definition) is 4. The van der Waals surface area contributed by atoms with Crippen molar-refractivity contribution in [1.82, 2.24) is 14.7 Å². The molecule has 2 heterocycles. The Kier molecular flexibility index (Phi) is 5.65. The van der Waals surface area contributed by atoms with Crippen molar-refractivity contribution in [3.05, 3.63) is 35.9 Å². The lowest BCUT2D eigenvalue weighted by atomic mass is 9.81. The molecule has 4 amide bonds. The van der Waals surface area contributed by atoms with Gasteiger partial charge in [-0.3, -0.25) is 24.1 Å². The Morgan fingerprint density at radius 1 is 0.828 bits per heavy atom. The Morgan fingerprint density at radius 3 is 1.97 bits per heavy atom. The van der Waals surface area contributed by atoms with Crippen LogP contribution in [0.25, 0.3) is 0 Å². The van der Waals surface area contributed by atoms with Gasteiger partial charge >= 0.3 is 0 Å². The van der Waals surface area contributed by atoms with Crippen LogP contribution in [0.3, 0.4) is 0 Å². The van der Waals surface area contributed by atoms with Crippen LogP contribution in [-0.2, 0) is 14.4 Å². The van der Waals surface area contributed by atoms with Crippen LogP contribution < -0.4 is 0 Å². The van der Waals surface area contributed by atoms with E-state index in [-0.39, 0.29) is 48.4 Å². The van der Waals surface area contributed by atoms with Crippen molar-refractivity contribution >= 4 is 23.6 Å². The van der Waals surface area contributed by atoms with Crippen molar-refractivity contribution in [2.45, 2.75) is 32.1 Å². The number of hydrogen-bond donors (Lipinski definition) is 0. The van der Waals surface area contributed by atoms with Gasteiger partial charge in [-0.1, -0.05) is 31.0 Å². The number of amides is 4. The molecule has 2 saturated heterocycles. The molecule has 1 aliphatic carbocycles. The fraction of sp³-hybridized carbons (Fsp3) is 0.545. The SMILES string of the molecule is O=C(CCN1C(=O)C2CCCCC2C1=O)N1CCN(C(=O)c2ccccc2)CC1. The molecule has 0 spiro atoms. The van der Waals surface area contributed by atoms with Crippen molar-refractivity contribution in [2.75, 3.05) is 32.7 Å². The summed E-state index contributed by atoms with van der Waals surface area (Å²) in [5.74, 6) is -0.602. The van der Waals surface area contributed by atoms with Gasteiger partial charge in [-0.15, -0.1) is 0 Å². The first-order valence-corrected chi connectivity index (χ1v) is 10.5. The first kappa shape index (κ1) is 19.6. The normalized spacial score (nSPS) is 24.6. The average molecular weight is 397 g/mol. The zero-order valence-electron chi connectivity index (χ0n) is 16.6. The van der Waals surface area contributed by atoms with Crippen molar-refractivity contribution in [1.29, 1.82) is 0 Å². The molecule has 2 aliphatic heterocycles. The highest BCUT2D eigenvalue weighted by Crippen LogP contribution is 2.38. The van der Waals surface area contributed by atoms with Crippen molar-refractivity contribution < 1.29 is 19.2 Å². The highest BCUT2D eigenvalue weighted by atomic mass is 16.2. The quantitative estimate of drug-likeness (QED) is 0.722. The molecule has 7 heteroatoms. The van der Waals surface area contributed by atoms with Crippen LogP contribution in [0.1, 0.15) is 42.5 Å². The minimum Gasteiger partial charge on any atom is -0.339 e. The van der Waals surface area contributed by atoms with Gasteiger partial charge in [-0.05, 0) is 25.0 Å². The smallest absolute Gasteiger partial charge is 0.253 e. The second kappa shape index (κ2) is 8.35. The van der Waals surface area contributed by atoms with Crippen LogP contribution in [0, 0.1) is 11.8 Å². The molecule has 1 aromatic rings. The van der Waals surface area contributed by atoms with E-state index in [1.807, 2.05) is 18.2 Å². The number of likely N-dealkylation sites (tertiary alicyclic amines) is 1. The van der Waals surface area contributed by atoms with E-state index >= 15 is 0 Å². The maximum Gasteiger partial charge on any atom is 0.253 e. The van der Waals surface area contributed by atoms with Gasteiger partial charge in [0.15, 0.2) is 0 Å². The predicted molar refractivity (Wildman–Crippen MR) is 106 cm³/mol. The van der Waals surface area contributed by atoms with Crippen LogP contribution in [-0.4, -0.2) is 71.1 Å². The highest BCUT2D eigenvalue weighted by molar-refractivity contribution is 6.05. The Hall–Kier alpha value is -2.70. The van der Waals surface area contributed by atoms with Gasteiger partial charge in [0.25, 0.3) is 5.91 Å². The molecule has 0 N–H and O–H groups in total. The summed E-state index contributed by atoms with van der Waals surface area (Å²) in [6.45, 7) is 2.11. The molecule has 4 rings (SSSR count). The van der Waals surface area contributed by atoms with Crippen LogP contribution in [0.4, 0.5) is 0 Å². The predicted octanol–water partition coefficient (Wildman–Crippen LogP) is 1.54. The highest BCUT2D eigenvalue weighted by Gasteiger charge is 2.47. The van der Waals surface area contributed by atoms with E-state index in [0.29, 0.717) is 31.7 Å². The second-order valence-corrected chi connectivity index (χ2v) is 8.11. The number of piperazine rings is 1. The summed E-state index contributed by atoms with van der Waals surface area (Å²) < 4.78 is 0. The topological polar surface area (TPSA) is 78.0 Å². The first-order chi connectivity index (χ1) is 14.1. The summed E-state index contributed by atoms with van der Waals surface area (Å²) in [7, 11) is 0. The lowest BCUT2D eigenvalue weighted by Gasteiger charge is -2.35. The van der Waals surface area contributed by atoms with E-state index in [1.165, 1.54) is 4.90 Å². The molecule has 0 aromatic heterocycles. The van der Waals surface area contributed by atoms with Gasteiger partial charge in [0, 0.05) is 44.7 Å². The van der Waals surface area contributed by atoms with E-state index in [2.05, 4.69) is 0 Å². The summed E-state index contributed by atoms with van der Waals surface area (Å²) in [4.78, 5) is 55.0. The molecular formula is C22H27N3O4. The summed E-state index contributed by atoms with van der Waals surface area (Å²) in [5, 5.41) is 0. The van der Waals surface area contributed by atoms with Gasteiger partial charge in [0.05, 0.1) is 11.8 Å². The van der Waals surface area contributed by atoms with Gasteiger partial charge in [0.2, 0.25) is 17.7 Å². The number of fused-ring (bicyclic) bond motifs is 1. The zero-order valence-corrected chi connectivity index (χ0v) is 16.6. The maximum atomic E-state index is 12.6. The lowest BCUT2D eigenvalue weighted by molar-refractivity contribution is -0.141. The lowest BCUT2D eigenvalue weighted by Crippen LogP contribution is -2.51. The third kappa shape index (κ3) is 3.91. The molecule has 3 fully saturated rings. The monoisotopic (exact) mass is 397 g/mol. The van der Waals surface area contributed by atoms with Gasteiger partial charge in [-0.25, -0.2) is 0 Å². The van der Waals surface area contributed by atoms with Gasteiger partial charge in [0.1, 0.15) is 0 Å². The largest absolute Gasteiger partial charge is 0.339 e. The second-order valence-electron chi connectivity index (χ2n) is 8.11. The van der Waals surface area contributed by atoms with E-state index < -0.39 is 0 Å². The van der Waals surface area contributed by atoms with E-state index in [1.54, 1.807) is 21.9 Å². The summed E-state index contributed by atoms with van der Waals surface area (Å²) in [5.41, 5.74) is 0.653. The Labute approximate surface area is 170 Å². The van der Waals surface area contributed by atoms with Crippen LogP contribution >= 0.6 is 0 Å². The molecule has 1 aromatic carbocycles. The van der Waals surface area contributed by atoms with Crippen molar-refractivity contribution in [2.24, 2.45) is 11.8 Å². The number of nitrogens with zero attached hydrogens (tertiary/aromatic N) is 3. The number of carbonyl (C=O) groups is 4. The molecule has 2 atom stereocenters. The number of benzene rings is 1. The number of carbonyl (C=O) groups excluding carboxylic acids is 4. The van der Waals surface area contributed by atoms with Crippen molar-refractivity contribution in [3.63, 3.8) is 0 Å². The molecule has 2 unspecified atom stereocenters. The van der Waals surface area contributed by atoms with Gasteiger partial charge in [-0.2, -0.15) is 0 Å². The maximum absolute atomic E-state index is 12.6. The first-order valence-electron chi connectivity index (χ1n) is 10.5. The van der Waals surface area contributed by atoms with E-state index in [4.69, 9.17) is 0 Å². The molecule has 1 saturated carbocycles. The number of imide groups is 1. The zero-order chi connectivity index (χ0) is 20.4. The molecule has 3 aliphatic rings. The van der Waals surface area contributed by atoms with E-state index in [0.717, 1.165) is 25.7 Å². The summed E-state index contributed by atoms with van der Waals surface area (Å²) >= 11 is 0. The minimum absolute atomic E-state index is 0.0198. The Morgan fingerprint density at radius 2 is 1.38 bits per heavy atom. The third-order valence-electron chi connectivity index (χ3n) is 6.42. The fourth-order valence-corrected chi connectivity index (χ4v) is 4.74. The van der Waals surface area contributed by atoms with Crippen LogP contribution in [0.15, 0.2) is 30.3 Å². The average Bonchev–Trinajstić information content (AvgIpc) is 3.02. The van der Waals surface area contributed by atoms with E-state index in [9.17, 15) is 19.2 Å². The molecule has 0 radical (unpaired) electrons. The van der Waals surface area contributed by atoms with Crippen molar-refractivity contribution in [3.8, 4) is 0 Å². The fourth-order valence-electron chi connectivity index (χ4n) is 4.74. The Bertz CT molecular complexity index is 778. The van der Waals surface area contributed by atoms with Gasteiger partial charge < -0.3 is 9.80 Å². The molecule has 7 nitrogen and oxygen atoms in total. The summed E-state index contributed by atoms with van der Waals surface area (Å²) in [6, 6.07) is 9.13. The molecular weight excluding hydrogens is 370 g/mol. The Balaban J connectivity index is 1.27. The molecule has 154 valence electrons.